The lowest BCUT2D eigenvalue weighted by Gasteiger charge is -2.13. The molecule has 0 saturated carbocycles. The van der Waals surface area contributed by atoms with Gasteiger partial charge >= 0.3 is 0 Å². The highest BCUT2D eigenvalue weighted by Gasteiger charge is 2.16. The number of hydrogen-bond donors (Lipinski definition) is 2. The second-order valence-corrected chi connectivity index (χ2v) is 8.61. The number of hydrogen-bond acceptors (Lipinski definition) is 5. The van der Waals surface area contributed by atoms with Crippen molar-refractivity contribution in [2.24, 2.45) is 0 Å². The highest BCUT2D eigenvalue weighted by Crippen LogP contribution is 2.23. The van der Waals surface area contributed by atoms with Gasteiger partial charge in [-0.15, -0.1) is 16.8 Å². The molecule has 0 aliphatic carbocycles. The first-order valence-corrected chi connectivity index (χ1v) is 11.9. The zero-order valence-electron chi connectivity index (χ0n) is 18.6. The fourth-order valence-corrected chi connectivity index (χ4v) is 4.26. The third-order valence-electron chi connectivity index (χ3n) is 4.97. The number of amides is 2. The van der Waals surface area contributed by atoms with E-state index in [0.717, 1.165) is 23.2 Å². The number of carbonyl (C=O) groups excluding carboxylic acids is 2. The number of benzene rings is 2. The number of allylic oxidation sites excluding steroid dienone is 1. The van der Waals surface area contributed by atoms with Gasteiger partial charge in [-0.05, 0) is 36.6 Å². The first-order valence-electron chi connectivity index (χ1n) is 10.5. The van der Waals surface area contributed by atoms with Crippen molar-refractivity contribution in [1.29, 1.82) is 0 Å². The van der Waals surface area contributed by atoms with Gasteiger partial charge in [0.2, 0.25) is 5.91 Å². The third-order valence-corrected chi connectivity index (χ3v) is 6.26. The average molecular weight is 484 g/mol. The van der Waals surface area contributed by atoms with Gasteiger partial charge in [0.25, 0.3) is 5.91 Å². The molecule has 0 fully saturated rings. The minimum absolute atomic E-state index is 0.120. The van der Waals surface area contributed by atoms with E-state index < -0.39 is 0 Å². The standard InChI is InChI=1S/C24H26ClN5O2S/c1-4-13-30-20(14-26-23(32)18-11-6-7-12-19(18)25)28-29-24(30)33-15-21(31)27-22-16(3)9-8-10-17(22)5-2/h4,6-12H,1,5,13-15H2,2-3H3,(H,26,32)(H,27,31). The van der Waals surface area contributed by atoms with Gasteiger partial charge in [-0.3, -0.25) is 9.59 Å². The number of anilines is 1. The van der Waals surface area contributed by atoms with Gasteiger partial charge in [-0.2, -0.15) is 0 Å². The normalized spacial score (nSPS) is 10.6. The molecule has 1 aromatic heterocycles. The van der Waals surface area contributed by atoms with Gasteiger partial charge in [-0.1, -0.05) is 66.7 Å². The lowest BCUT2D eigenvalue weighted by Crippen LogP contribution is -2.25. The fraction of sp³-hybridized carbons (Fsp3) is 0.250. The molecule has 2 aromatic carbocycles. The first kappa shape index (κ1) is 24.5. The summed E-state index contributed by atoms with van der Waals surface area (Å²) in [6, 6.07) is 12.8. The van der Waals surface area contributed by atoms with Crippen LogP contribution < -0.4 is 10.6 Å². The van der Waals surface area contributed by atoms with Crippen LogP contribution in [0.3, 0.4) is 0 Å². The molecular weight excluding hydrogens is 458 g/mol. The minimum Gasteiger partial charge on any atom is -0.345 e. The first-order chi connectivity index (χ1) is 15.9. The molecule has 0 unspecified atom stereocenters. The van der Waals surface area contributed by atoms with Crippen molar-refractivity contribution in [3.8, 4) is 0 Å². The van der Waals surface area contributed by atoms with Crippen LogP contribution in [-0.4, -0.2) is 32.3 Å². The van der Waals surface area contributed by atoms with E-state index in [1.54, 1.807) is 30.3 Å². The molecular formula is C24H26ClN5O2S. The van der Waals surface area contributed by atoms with Crippen molar-refractivity contribution in [2.45, 2.75) is 38.5 Å². The summed E-state index contributed by atoms with van der Waals surface area (Å²) in [4.78, 5) is 25.1. The predicted molar refractivity (Wildman–Crippen MR) is 133 cm³/mol. The Morgan fingerprint density at radius 2 is 1.97 bits per heavy atom. The van der Waals surface area contributed by atoms with Crippen molar-refractivity contribution < 1.29 is 9.59 Å². The zero-order valence-corrected chi connectivity index (χ0v) is 20.2. The second-order valence-electron chi connectivity index (χ2n) is 7.26. The number of nitrogens with one attached hydrogen (secondary N) is 2. The monoisotopic (exact) mass is 483 g/mol. The molecule has 3 rings (SSSR count). The Morgan fingerprint density at radius 3 is 2.70 bits per heavy atom. The van der Waals surface area contributed by atoms with E-state index in [4.69, 9.17) is 11.6 Å². The average Bonchev–Trinajstić information content (AvgIpc) is 3.19. The van der Waals surface area contributed by atoms with Crippen molar-refractivity contribution in [3.05, 3.63) is 82.7 Å². The predicted octanol–water partition coefficient (Wildman–Crippen LogP) is 4.65. The molecule has 1 heterocycles. The van der Waals surface area contributed by atoms with Crippen LogP contribution in [0.2, 0.25) is 5.02 Å². The molecule has 0 bridgehead atoms. The maximum atomic E-state index is 12.6. The van der Waals surface area contributed by atoms with Crippen LogP contribution in [0.5, 0.6) is 0 Å². The van der Waals surface area contributed by atoms with Gasteiger partial charge in [0.15, 0.2) is 11.0 Å². The van der Waals surface area contributed by atoms with E-state index in [-0.39, 0.29) is 24.1 Å². The van der Waals surface area contributed by atoms with Crippen molar-refractivity contribution in [1.82, 2.24) is 20.1 Å². The van der Waals surface area contributed by atoms with E-state index >= 15 is 0 Å². The Morgan fingerprint density at radius 1 is 1.18 bits per heavy atom. The van der Waals surface area contributed by atoms with E-state index in [0.29, 0.717) is 28.1 Å². The van der Waals surface area contributed by atoms with Gasteiger partial charge in [0.1, 0.15) is 0 Å². The maximum absolute atomic E-state index is 12.6. The molecule has 0 aliphatic heterocycles. The molecule has 0 atom stereocenters. The summed E-state index contributed by atoms with van der Waals surface area (Å²) in [7, 11) is 0. The largest absolute Gasteiger partial charge is 0.345 e. The van der Waals surface area contributed by atoms with Crippen LogP contribution in [0.4, 0.5) is 5.69 Å². The van der Waals surface area contributed by atoms with Gasteiger partial charge in [0.05, 0.1) is 22.9 Å². The molecule has 0 aliphatic rings. The summed E-state index contributed by atoms with van der Waals surface area (Å²) in [5, 5.41) is 15.2. The number of rotatable bonds is 10. The molecule has 172 valence electrons. The third kappa shape index (κ3) is 6.24. The van der Waals surface area contributed by atoms with E-state index in [1.807, 2.05) is 29.7 Å². The lowest BCUT2D eigenvalue weighted by atomic mass is 10.1. The number of para-hydroxylation sites is 1. The lowest BCUT2D eigenvalue weighted by molar-refractivity contribution is -0.113. The van der Waals surface area contributed by atoms with Gasteiger partial charge in [-0.25, -0.2) is 0 Å². The quantitative estimate of drug-likeness (QED) is 0.323. The van der Waals surface area contributed by atoms with Crippen LogP contribution in [-0.2, 0) is 24.3 Å². The van der Waals surface area contributed by atoms with Crippen LogP contribution in [0, 0.1) is 6.92 Å². The van der Waals surface area contributed by atoms with Gasteiger partial charge in [0, 0.05) is 12.2 Å². The Kier molecular flexibility index (Phi) is 8.68. The Labute approximate surface area is 202 Å². The molecule has 2 amide bonds. The van der Waals surface area contributed by atoms with Gasteiger partial charge < -0.3 is 15.2 Å². The van der Waals surface area contributed by atoms with Crippen LogP contribution in [0.25, 0.3) is 0 Å². The number of aromatic nitrogens is 3. The fourth-order valence-electron chi connectivity index (χ4n) is 3.28. The summed E-state index contributed by atoms with van der Waals surface area (Å²) in [6.07, 6.45) is 2.55. The van der Waals surface area contributed by atoms with Crippen molar-refractivity contribution in [2.75, 3.05) is 11.1 Å². The number of thioether (sulfide) groups is 1. The molecule has 9 heteroatoms. The number of aryl methyl sites for hydroxylation is 2. The SMILES string of the molecule is C=CCn1c(CNC(=O)c2ccccc2Cl)nnc1SCC(=O)Nc1c(C)cccc1CC. The molecule has 3 aromatic rings. The smallest absolute Gasteiger partial charge is 0.253 e. The number of halogens is 1. The Hall–Kier alpha value is -3.10. The van der Waals surface area contributed by atoms with Crippen LogP contribution in [0.1, 0.15) is 34.2 Å². The highest BCUT2D eigenvalue weighted by molar-refractivity contribution is 7.99. The summed E-state index contributed by atoms with van der Waals surface area (Å²) < 4.78 is 1.82. The second kappa shape index (κ2) is 11.7. The van der Waals surface area contributed by atoms with E-state index in [2.05, 4.69) is 34.3 Å². The summed E-state index contributed by atoms with van der Waals surface area (Å²) >= 11 is 7.38. The van der Waals surface area contributed by atoms with Crippen LogP contribution >= 0.6 is 23.4 Å². The highest BCUT2D eigenvalue weighted by atomic mass is 35.5. The van der Waals surface area contributed by atoms with Crippen molar-refractivity contribution in [3.63, 3.8) is 0 Å². The maximum Gasteiger partial charge on any atom is 0.253 e. The molecule has 0 radical (unpaired) electrons. The van der Waals surface area contributed by atoms with E-state index in [1.165, 1.54) is 11.8 Å². The summed E-state index contributed by atoms with van der Waals surface area (Å²) in [5.41, 5.74) is 3.38. The minimum atomic E-state index is -0.299. The molecule has 0 spiro atoms. The van der Waals surface area contributed by atoms with Crippen molar-refractivity contribution >= 4 is 40.9 Å². The Bertz CT molecular complexity index is 1160. The summed E-state index contributed by atoms with van der Waals surface area (Å²) in [5.74, 6) is 0.321. The van der Waals surface area contributed by atoms with E-state index in [9.17, 15) is 9.59 Å². The van der Waals surface area contributed by atoms with Crippen LogP contribution in [0.15, 0.2) is 60.3 Å². The topological polar surface area (TPSA) is 88.9 Å². The molecule has 2 N–H and O–H groups in total. The summed E-state index contributed by atoms with van der Waals surface area (Å²) in [6.45, 7) is 8.44. The number of nitrogens with zero attached hydrogens (tertiary/aromatic N) is 3. The zero-order chi connectivity index (χ0) is 23.8. The molecule has 33 heavy (non-hydrogen) atoms. The molecule has 7 nitrogen and oxygen atoms in total. The Balaban J connectivity index is 1.65. The number of carbonyl (C=O) groups is 2. The molecule has 0 saturated heterocycles.